The third-order valence-electron chi connectivity index (χ3n) is 2.62. The van der Waals surface area contributed by atoms with Gasteiger partial charge in [-0.05, 0) is 47.4 Å². The Kier molecular flexibility index (Phi) is 3.90. The standard InChI is InChI=1S/C11H14BrN3O/c12-10-4-3-8(6-14-10)11(16)15-9-2-1-5-13-7-9/h3-4,6,9,13H,1-2,5,7H2,(H,15,16). The average Bonchev–Trinajstić information content (AvgIpc) is 2.31. The van der Waals surface area contributed by atoms with Crippen molar-refractivity contribution in [1.82, 2.24) is 15.6 Å². The Bertz CT molecular complexity index is 360. The zero-order valence-electron chi connectivity index (χ0n) is 8.87. The second kappa shape index (κ2) is 5.41. The van der Waals surface area contributed by atoms with E-state index in [0.717, 1.165) is 30.5 Å². The van der Waals surface area contributed by atoms with E-state index in [1.807, 2.05) is 0 Å². The molecule has 5 heteroatoms. The first-order valence-corrected chi connectivity index (χ1v) is 6.18. The van der Waals surface area contributed by atoms with Gasteiger partial charge in [0.05, 0.1) is 5.56 Å². The van der Waals surface area contributed by atoms with Gasteiger partial charge in [-0.15, -0.1) is 0 Å². The van der Waals surface area contributed by atoms with Crippen molar-refractivity contribution in [2.24, 2.45) is 0 Å². The Morgan fingerprint density at radius 3 is 3.06 bits per heavy atom. The van der Waals surface area contributed by atoms with Crippen LogP contribution in [0.15, 0.2) is 22.9 Å². The molecule has 1 atom stereocenters. The maximum Gasteiger partial charge on any atom is 0.253 e. The predicted molar refractivity (Wildman–Crippen MR) is 65.3 cm³/mol. The molecule has 1 aliphatic rings. The number of carbonyl (C=O) groups excluding carboxylic acids is 1. The van der Waals surface area contributed by atoms with E-state index in [0.29, 0.717) is 5.56 Å². The van der Waals surface area contributed by atoms with Crippen molar-refractivity contribution in [1.29, 1.82) is 0 Å². The van der Waals surface area contributed by atoms with Crippen molar-refractivity contribution in [3.05, 3.63) is 28.5 Å². The zero-order valence-corrected chi connectivity index (χ0v) is 10.5. The number of nitrogens with one attached hydrogen (secondary N) is 2. The maximum absolute atomic E-state index is 11.8. The second-order valence-corrected chi connectivity index (χ2v) is 4.70. The van der Waals surface area contributed by atoms with Crippen LogP contribution in [0.3, 0.4) is 0 Å². The van der Waals surface area contributed by atoms with E-state index in [9.17, 15) is 4.79 Å². The summed E-state index contributed by atoms with van der Waals surface area (Å²) < 4.78 is 0.739. The Morgan fingerprint density at radius 1 is 1.56 bits per heavy atom. The molecule has 0 saturated carbocycles. The summed E-state index contributed by atoms with van der Waals surface area (Å²) in [4.78, 5) is 15.9. The Hall–Kier alpha value is -0.940. The largest absolute Gasteiger partial charge is 0.348 e. The fraction of sp³-hybridized carbons (Fsp3) is 0.455. The summed E-state index contributed by atoms with van der Waals surface area (Å²) in [6.45, 7) is 1.90. The molecule has 1 aromatic rings. The van der Waals surface area contributed by atoms with Gasteiger partial charge in [0, 0.05) is 18.8 Å². The highest BCUT2D eigenvalue weighted by Gasteiger charge is 2.16. The predicted octanol–water partition coefficient (Wildman–Crippen LogP) is 1.33. The average molecular weight is 284 g/mol. The number of hydrogen-bond donors (Lipinski definition) is 2. The number of rotatable bonds is 2. The highest BCUT2D eigenvalue weighted by molar-refractivity contribution is 9.10. The van der Waals surface area contributed by atoms with Crippen LogP contribution in [0.2, 0.25) is 0 Å². The van der Waals surface area contributed by atoms with E-state index in [-0.39, 0.29) is 11.9 Å². The van der Waals surface area contributed by atoms with Crippen LogP contribution >= 0.6 is 15.9 Å². The first kappa shape index (κ1) is 11.5. The van der Waals surface area contributed by atoms with Crippen LogP contribution in [0.1, 0.15) is 23.2 Å². The molecule has 2 N–H and O–H groups in total. The van der Waals surface area contributed by atoms with Crippen LogP contribution in [0.25, 0.3) is 0 Å². The van der Waals surface area contributed by atoms with Crippen LogP contribution in [0.4, 0.5) is 0 Å². The highest BCUT2D eigenvalue weighted by Crippen LogP contribution is 2.07. The lowest BCUT2D eigenvalue weighted by molar-refractivity contribution is 0.0930. The topological polar surface area (TPSA) is 54.0 Å². The van der Waals surface area contributed by atoms with Crippen LogP contribution in [0.5, 0.6) is 0 Å². The number of hydrogen-bond acceptors (Lipinski definition) is 3. The molecular formula is C11H14BrN3O. The Balaban J connectivity index is 1.94. The summed E-state index contributed by atoms with van der Waals surface area (Å²) in [7, 11) is 0. The maximum atomic E-state index is 11.8. The number of aromatic nitrogens is 1. The molecule has 1 fully saturated rings. The summed E-state index contributed by atoms with van der Waals surface area (Å²) in [5, 5.41) is 6.26. The van der Waals surface area contributed by atoms with Gasteiger partial charge in [-0.1, -0.05) is 0 Å². The van der Waals surface area contributed by atoms with E-state index in [1.54, 1.807) is 18.3 Å². The number of nitrogens with zero attached hydrogens (tertiary/aromatic N) is 1. The molecule has 1 amide bonds. The number of carbonyl (C=O) groups is 1. The molecule has 16 heavy (non-hydrogen) atoms. The third kappa shape index (κ3) is 3.02. The monoisotopic (exact) mass is 283 g/mol. The minimum atomic E-state index is -0.0475. The van der Waals surface area contributed by atoms with Crippen molar-refractivity contribution in [3.8, 4) is 0 Å². The van der Waals surface area contributed by atoms with E-state index in [4.69, 9.17) is 0 Å². The first-order chi connectivity index (χ1) is 7.75. The van der Waals surface area contributed by atoms with Gasteiger partial charge in [0.1, 0.15) is 4.60 Å². The van der Waals surface area contributed by atoms with Gasteiger partial charge in [-0.3, -0.25) is 4.79 Å². The molecule has 0 spiro atoms. The van der Waals surface area contributed by atoms with Gasteiger partial charge in [-0.2, -0.15) is 0 Å². The summed E-state index contributed by atoms with van der Waals surface area (Å²) in [5.41, 5.74) is 0.605. The molecule has 0 bridgehead atoms. The highest BCUT2D eigenvalue weighted by atomic mass is 79.9. The number of pyridine rings is 1. The molecule has 2 heterocycles. The van der Waals surface area contributed by atoms with Crippen LogP contribution in [-0.4, -0.2) is 30.0 Å². The lowest BCUT2D eigenvalue weighted by Gasteiger charge is -2.23. The van der Waals surface area contributed by atoms with Crippen molar-refractivity contribution in [2.75, 3.05) is 13.1 Å². The molecule has 1 aromatic heterocycles. The fourth-order valence-electron chi connectivity index (χ4n) is 1.75. The Morgan fingerprint density at radius 2 is 2.44 bits per heavy atom. The minimum Gasteiger partial charge on any atom is -0.348 e. The molecule has 0 aliphatic carbocycles. The van der Waals surface area contributed by atoms with Crippen molar-refractivity contribution in [3.63, 3.8) is 0 Å². The summed E-state index contributed by atoms with van der Waals surface area (Å²) in [5.74, 6) is -0.0475. The van der Waals surface area contributed by atoms with Crippen molar-refractivity contribution in [2.45, 2.75) is 18.9 Å². The van der Waals surface area contributed by atoms with Gasteiger partial charge in [0.25, 0.3) is 5.91 Å². The first-order valence-electron chi connectivity index (χ1n) is 5.39. The molecular weight excluding hydrogens is 270 g/mol. The normalized spacial score (nSPS) is 20.4. The fourth-order valence-corrected chi connectivity index (χ4v) is 1.99. The van der Waals surface area contributed by atoms with E-state index >= 15 is 0 Å². The smallest absolute Gasteiger partial charge is 0.253 e. The summed E-state index contributed by atoms with van der Waals surface area (Å²) >= 11 is 3.24. The molecule has 0 aromatic carbocycles. The van der Waals surface area contributed by atoms with Gasteiger partial charge in [-0.25, -0.2) is 4.98 Å². The molecule has 1 unspecified atom stereocenters. The third-order valence-corrected chi connectivity index (χ3v) is 3.09. The number of piperidine rings is 1. The van der Waals surface area contributed by atoms with Crippen LogP contribution < -0.4 is 10.6 Å². The van der Waals surface area contributed by atoms with E-state index in [2.05, 4.69) is 31.5 Å². The number of amides is 1. The lowest BCUT2D eigenvalue weighted by Crippen LogP contribution is -2.45. The summed E-state index contributed by atoms with van der Waals surface area (Å²) in [6.07, 6.45) is 3.74. The minimum absolute atomic E-state index is 0.0475. The molecule has 1 aliphatic heterocycles. The van der Waals surface area contributed by atoms with Crippen LogP contribution in [0, 0.1) is 0 Å². The van der Waals surface area contributed by atoms with Gasteiger partial charge < -0.3 is 10.6 Å². The lowest BCUT2D eigenvalue weighted by atomic mass is 10.1. The van der Waals surface area contributed by atoms with E-state index in [1.165, 1.54) is 0 Å². The molecule has 4 nitrogen and oxygen atoms in total. The van der Waals surface area contributed by atoms with Crippen molar-refractivity contribution < 1.29 is 4.79 Å². The van der Waals surface area contributed by atoms with Crippen LogP contribution in [-0.2, 0) is 0 Å². The molecule has 2 rings (SSSR count). The van der Waals surface area contributed by atoms with Crippen molar-refractivity contribution >= 4 is 21.8 Å². The van der Waals surface area contributed by atoms with Gasteiger partial charge >= 0.3 is 0 Å². The molecule has 0 radical (unpaired) electrons. The zero-order chi connectivity index (χ0) is 11.4. The second-order valence-electron chi connectivity index (χ2n) is 3.89. The molecule has 86 valence electrons. The quantitative estimate of drug-likeness (QED) is 0.805. The SMILES string of the molecule is O=C(NC1CCCNC1)c1ccc(Br)nc1. The van der Waals surface area contributed by atoms with Gasteiger partial charge in [0.2, 0.25) is 0 Å². The number of halogens is 1. The molecule has 1 saturated heterocycles. The van der Waals surface area contributed by atoms with E-state index < -0.39 is 0 Å². The Labute approximate surface area is 103 Å². The summed E-state index contributed by atoms with van der Waals surface area (Å²) in [6, 6.07) is 3.78. The van der Waals surface area contributed by atoms with Gasteiger partial charge in [0.15, 0.2) is 0 Å².